The van der Waals surface area contributed by atoms with Crippen LogP contribution in [0.15, 0.2) is 53.4 Å². The number of aryl methyl sites for hydroxylation is 1. The number of hydrogen-bond acceptors (Lipinski definition) is 7. The Morgan fingerprint density at radius 3 is 2.62 bits per heavy atom. The largest absolute Gasteiger partial charge is 0.482 e. The molecule has 8 heteroatoms. The highest BCUT2D eigenvalue weighted by Crippen LogP contribution is 2.62. The second-order valence-corrected chi connectivity index (χ2v) is 11.1. The first-order valence-electron chi connectivity index (χ1n) is 11.5. The number of likely N-dealkylation sites (N-methyl/N-ethyl adjacent to an activating group) is 1. The van der Waals surface area contributed by atoms with Gasteiger partial charge in [0.2, 0.25) is 0 Å². The normalized spacial score (nSPS) is 30.6. The van der Waals surface area contributed by atoms with Crippen LogP contribution in [-0.4, -0.2) is 64.5 Å². The van der Waals surface area contributed by atoms with Crippen molar-refractivity contribution in [2.75, 3.05) is 27.8 Å². The SMILES string of the molecule is COC.Cc1ccccc1S(=O)(=O)Oc1ccc2c3c1O[C@H]1[C@@H](O)C=C[C@H]4[C@@H](C2)N(C)CC[C@@]341. The van der Waals surface area contributed by atoms with E-state index in [-0.39, 0.29) is 22.0 Å². The van der Waals surface area contributed by atoms with Crippen LogP contribution in [0.3, 0.4) is 0 Å². The molecule has 7 nitrogen and oxygen atoms in total. The van der Waals surface area contributed by atoms with Gasteiger partial charge in [-0.25, -0.2) is 0 Å². The Morgan fingerprint density at radius 2 is 1.88 bits per heavy atom. The number of methoxy groups -OCH3 is 1. The summed E-state index contributed by atoms with van der Waals surface area (Å²) in [6.45, 7) is 2.66. The van der Waals surface area contributed by atoms with Gasteiger partial charge in [0, 0.05) is 37.2 Å². The minimum absolute atomic E-state index is 0.146. The molecule has 0 radical (unpaired) electrons. The third-order valence-corrected chi connectivity index (χ3v) is 9.09. The van der Waals surface area contributed by atoms with Crippen molar-refractivity contribution in [2.24, 2.45) is 5.92 Å². The third kappa shape index (κ3) is 3.31. The van der Waals surface area contributed by atoms with Crippen molar-refractivity contribution in [1.82, 2.24) is 4.90 Å². The molecule has 1 fully saturated rings. The fourth-order valence-corrected chi connectivity index (χ4v) is 7.46. The zero-order valence-corrected chi connectivity index (χ0v) is 20.7. The molecule has 2 aliphatic heterocycles. The second kappa shape index (κ2) is 8.37. The standard InChI is InChI=1S/C24H25NO5S.C2H6O/c1-14-5-3-4-6-20(14)31(27,28)30-19-10-7-15-13-17-16-8-9-18(26)23-24(16,11-12-25(17)2)21(15)22(19)29-23;1-3-2/h3-10,16-18,23,26H,11-13H2,1-2H3;1-2H3/t16-,17+,18-,23-,24-;/m0./s1. The molecule has 0 amide bonds. The molecule has 6 rings (SSSR count). The van der Waals surface area contributed by atoms with E-state index in [1.165, 1.54) is 0 Å². The highest BCUT2D eigenvalue weighted by molar-refractivity contribution is 7.87. The van der Waals surface area contributed by atoms with Gasteiger partial charge in [0.15, 0.2) is 11.5 Å². The van der Waals surface area contributed by atoms with E-state index in [4.69, 9.17) is 8.92 Å². The molecule has 2 bridgehead atoms. The molecule has 0 aromatic heterocycles. The van der Waals surface area contributed by atoms with Gasteiger partial charge < -0.3 is 23.7 Å². The van der Waals surface area contributed by atoms with Gasteiger partial charge in [-0.05, 0) is 56.6 Å². The van der Waals surface area contributed by atoms with Crippen molar-refractivity contribution in [3.05, 3.63) is 65.2 Å². The lowest BCUT2D eigenvalue weighted by Gasteiger charge is -2.56. The molecule has 1 N–H and O–H groups in total. The van der Waals surface area contributed by atoms with Crippen LogP contribution in [0.4, 0.5) is 0 Å². The van der Waals surface area contributed by atoms with Crippen LogP contribution in [0, 0.1) is 12.8 Å². The maximum Gasteiger partial charge on any atom is 0.339 e. The smallest absolute Gasteiger partial charge is 0.339 e. The van der Waals surface area contributed by atoms with Gasteiger partial charge in [0.1, 0.15) is 17.1 Å². The summed E-state index contributed by atoms with van der Waals surface area (Å²) >= 11 is 0. The van der Waals surface area contributed by atoms with Gasteiger partial charge in [-0.2, -0.15) is 8.42 Å². The molecule has 5 atom stereocenters. The van der Waals surface area contributed by atoms with Crippen molar-refractivity contribution < 1.29 is 27.2 Å². The van der Waals surface area contributed by atoms with Gasteiger partial charge >= 0.3 is 10.1 Å². The van der Waals surface area contributed by atoms with Crippen molar-refractivity contribution in [1.29, 1.82) is 0 Å². The molecule has 0 saturated carbocycles. The van der Waals surface area contributed by atoms with E-state index >= 15 is 0 Å². The zero-order valence-electron chi connectivity index (χ0n) is 19.9. The first-order chi connectivity index (χ1) is 16.2. The molecular weight excluding hydrogens is 454 g/mol. The van der Waals surface area contributed by atoms with Crippen LogP contribution in [0.5, 0.6) is 11.5 Å². The first kappa shape index (κ1) is 23.4. The van der Waals surface area contributed by atoms with Gasteiger partial charge in [-0.15, -0.1) is 0 Å². The monoisotopic (exact) mass is 485 g/mol. The number of benzene rings is 2. The van der Waals surface area contributed by atoms with Gasteiger partial charge in [0.25, 0.3) is 0 Å². The number of piperidine rings is 1. The predicted molar refractivity (Wildman–Crippen MR) is 128 cm³/mol. The Kier molecular flexibility index (Phi) is 5.75. The Bertz CT molecular complexity index is 1240. The summed E-state index contributed by atoms with van der Waals surface area (Å²) in [5.41, 5.74) is 2.48. The maximum atomic E-state index is 13.1. The minimum atomic E-state index is -4.02. The number of rotatable bonds is 3. The average Bonchev–Trinajstić information content (AvgIpc) is 3.15. The molecule has 2 aromatic rings. The molecule has 2 aliphatic carbocycles. The van der Waals surface area contributed by atoms with Crippen LogP contribution < -0.4 is 8.92 Å². The van der Waals surface area contributed by atoms with Crippen LogP contribution in [-0.2, 0) is 26.7 Å². The van der Waals surface area contributed by atoms with Crippen LogP contribution in [0.25, 0.3) is 0 Å². The Morgan fingerprint density at radius 1 is 1.15 bits per heavy atom. The van der Waals surface area contributed by atoms with Crippen LogP contribution >= 0.6 is 0 Å². The lowest BCUT2D eigenvalue weighted by molar-refractivity contribution is -0.0452. The Balaban J connectivity index is 0.000000764. The van der Waals surface area contributed by atoms with Crippen molar-refractivity contribution in [3.8, 4) is 11.5 Å². The fraction of sp³-hybridized carbons (Fsp3) is 0.462. The first-order valence-corrected chi connectivity index (χ1v) is 13.0. The summed E-state index contributed by atoms with van der Waals surface area (Å²) in [6, 6.07) is 10.8. The van der Waals surface area contributed by atoms with E-state index in [9.17, 15) is 13.5 Å². The molecule has 2 aromatic carbocycles. The zero-order chi connectivity index (χ0) is 24.3. The van der Waals surface area contributed by atoms with E-state index < -0.39 is 22.3 Å². The predicted octanol–water partition coefficient (Wildman–Crippen LogP) is 2.83. The summed E-state index contributed by atoms with van der Waals surface area (Å²) < 4.78 is 42.4. The number of aliphatic hydroxyl groups excluding tert-OH is 1. The number of aliphatic hydroxyl groups is 1. The van der Waals surface area contributed by atoms with E-state index in [0.717, 1.165) is 30.5 Å². The lowest BCUT2D eigenvalue weighted by atomic mass is 9.53. The number of nitrogens with zero attached hydrogens (tertiary/aromatic N) is 1. The third-order valence-electron chi connectivity index (χ3n) is 7.70. The summed E-state index contributed by atoms with van der Waals surface area (Å²) in [7, 11) is 1.38. The Labute approximate surface area is 201 Å². The summed E-state index contributed by atoms with van der Waals surface area (Å²) in [6.07, 6.45) is 4.53. The van der Waals surface area contributed by atoms with Crippen molar-refractivity contribution in [2.45, 2.75) is 48.3 Å². The number of likely N-dealkylation sites (tertiary alicyclic amines) is 1. The highest BCUT2D eigenvalue weighted by Gasteiger charge is 2.64. The lowest BCUT2D eigenvalue weighted by Crippen LogP contribution is -2.64. The maximum absolute atomic E-state index is 13.1. The van der Waals surface area contributed by atoms with E-state index in [1.807, 2.05) is 12.1 Å². The second-order valence-electron chi connectivity index (χ2n) is 9.62. The highest BCUT2D eigenvalue weighted by atomic mass is 32.2. The van der Waals surface area contributed by atoms with E-state index in [0.29, 0.717) is 17.4 Å². The molecule has 182 valence electrons. The Hall–Kier alpha value is -2.39. The average molecular weight is 486 g/mol. The summed E-state index contributed by atoms with van der Waals surface area (Å²) in [5, 5.41) is 10.8. The number of ether oxygens (including phenoxy) is 2. The van der Waals surface area contributed by atoms with Gasteiger partial charge in [-0.3, -0.25) is 0 Å². The molecule has 34 heavy (non-hydrogen) atoms. The van der Waals surface area contributed by atoms with Crippen LogP contribution in [0.2, 0.25) is 0 Å². The molecule has 0 unspecified atom stereocenters. The van der Waals surface area contributed by atoms with Gasteiger partial charge in [-0.1, -0.05) is 36.4 Å². The number of hydrogen-bond donors (Lipinski definition) is 1. The minimum Gasteiger partial charge on any atom is -0.482 e. The molecule has 1 spiro atoms. The topological polar surface area (TPSA) is 85.3 Å². The van der Waals surface area contributed by atoms with Crippen LogP contribution in [0.1, 0.15) is 23.1 Å². The quantitative estimate of drug-likeness (QED) is 0.529. The molecule has 2 heterocycles. The van der Waals surface area contributed by atoms with Crippen molar-refractivity contribution in [3.63, 3.8) is 0 Å². The molecule has 1 saturated heterocycles. The fourth-order valence-electron chi connectivity index (χ4n) is 6.29. The van der Waals surface area contributed by atoms with Crippen molar-refractivity contribution >= 4 is 10.1 Å². The summed E-state index contributed by atoms with van der Waals surface area (Å²) in [5.74, 6) is 0.904. The summed E-state index contributed by atoms with van der Waals surface area (Å²) in [4.78, 5) is 2.54. The van der Waals surface area contributed by atoms with E-state index in [1.54, 1.807) is 51.5 Å². The van der Waals surface area contributed by atoms with E-state index in [2.05, 4.69) is 22.8 Å². The molecule has 4 aliphatic rings. The molecular formula is C26H31NO6S. The van der Waals surface area contributed by atoms with Gasteiger partial charge in [0.05, 0.1) is 0 Å².